The predicted molar refractivity (Wildman–Crippen MR) is 126 cm³/mol. The van der Waals surface area contributed by atoms with Crippen molar-refractivity contribution in [3.8, 4) is 9.75 Å². The van der Waals surface area contributed by atoms with E-state index in [1.54, 1.807) is 46.8 Å². The molecule has 4 aromatic rings. The molecule has 5 heterocycles. The van der Waals surface area contributed by atoms with E-state index in [1.165, 1.54) is 11.3 Å². The fourth-order valence-electron chi connectivity index (χ4n) is 4.75. The van der Waals surface area contributed by atoms with Crippen molar-refractivity contribution >= 4 is 46.1 Å². The summed E-state index contributed by atoms with van der Waals surface area (Å²) in [6, 6.07) is 17.0. The zero-order valence-corrected chi connectivity index (χ0v) is 19.1. The molecule has 1 fully saturated rings. The van der Waals surface area contributed by atoms with Gasteiger partial charge in [-0.15, -0.1) is 22.7 Å². The number of hydrogen-bond acceptors (Lipinski definition) is 5. The first-order chi connectivity index (χ1) is 15.6. The molecule has 1 atom stereocenters. The van der Waals surface area contributed by atoms with Crippen molar-refractivity contribution in [2.45, 2.75) is 5.66 Å². The lowest BCUT2D eigenvalue weighted by Crippen LogP contribution is -2.51. The van der Waals surface area contributed by atoms with E-state index in [1.807, 2.05) is 40.6 Å². The maximum atomic E-state index is 13.9. The largest absolute Gasteiger partial charge is 0.306 e. The van der Waals surface area contributed by atoms with Crippen LogP contribution in [0.3, 0.4) is 0 Å². The number of amides is 2. The van der Waals surface area contributed by atoms with Crippen molar-refractivity contribution in [2.24, 2.45) is 0 Å². The molecule has 0 saturated carbocycles. The van der Waals surface area contributed by atoms with Crippen LogP contribution in [-0.2, 0) is 5.66 Å². The average Bonchev–Trinajstić information content (AvgIpc) is 3.60. The number of rotatable bonds is 3. The van der Waals surface area contributed by atoms with Gasteiger partial charge in [0.2, 0.25) is 0 Å². The van der Waals surface area contributed by atoms with Crippen LogP contribution in [0.1, 0.15) is 31.2 Å². The minimum absolute atomic E-state index is 0.0851. The smallest absolute Gasteiger partial charge is 0.266 e. The third kappa shape index (κ3) is 2.65. The van der Waals surface area contributed by atoms with E-state index in [9.17, 15) is 9.59 Å². The molecular weight excluding hydrogens is 462 g/mol. The summed E-state index contributed by atoms with van der Waals surface area (Å²) in [6.07, 6.45) is 3.33. The van der Waals surface area contributed by atoms with Gasteiger partial charge in [-0.3, -0.25) is 14.6 Å². The second kappa shape index (κ2) is 7.27. The number of nitrogens with zero attached hydrogens (tertiary/aromatic N) is 3. The summed E-state index contributed by atoms with van der Waals surface area (Å²) in [5.74, 6) is -0.183. The van der Waals surface area contributed by atoms with Crippen molar-refractivity contribution in [1.29, 1.82) is 0 Å². The van der Waals surface area contributed by atoms with E-state index >= 15 is 0 Å². The van der Waals surface area contributed by atoms with E-state index in [0.29, 0.717) is 28.6 Å². The summed E-state index contributed by atoms with van der Waals surface area (Å²) in [6.45, 7) is 0.888. The van der Waals surface area contributed by atoms with Crippen LogP contribution in [-0.4, -0.2) is 39.7 Å². The first-order valence-electron chi connectivity index (χ1n) is 10.1. The van der Waals surface area contributed by atoms with Crippen LogP contribution in [0.4, 0.5) is 0 Å². The van der Waals surface area contributed by atoms with Gasteiger partial charge in [0.25, 0.3) is 11.8 Å². The standard InChI is InChI=1S/C24H16ClN3O2S2/c25-16-5-3-15(4-6-16)24-18-14-26-10-9-17(18)22(29)27(24)11-12-28(24)23(30)21-8-7-20(32-21)19-2-1-13-31-19/h1-10,13-14H,11-12H2. The van der Waals surface area contributed by atoms with Crippen molar-refractivity contribution in [3.05, 3.63) is 99.0 Å². The Hall–Kier alpha value is -3.00. The van der Waals surface area contributed by atoms with Gasteiger partial charge in [0, 0.05) is 51.4 Å². The topological polar surface area (TPSA) is 53.5 Å². The lowest BCUT2D eigenvalue weighted by molar-refractivity contribution is 0.0378. The summed E-state index contributed by atoms with van der Waals surface area (Å²) >= 11 is 9.29. The summed E-state index contributed by atoms with van der Waals surface area (Å²) in [4.78, 5) is 38.0. The van der Waals surface area contributed by atoms with Crippen LogP contribution in [0.2, 0.25) is 5.02 Å². The molecule has 6 rings (SSSR count). The first-order valence-corrected chi connectivity index (χ1v) is 12.2. The maximum Gasteiger partial charge on any atom is 0.266 e. The zero-order valence-electron chi connectivity index (χ0n) is 16.7. The maximum absolute atomic E-state index is 13.9. The lowest BCUT2D eigenvalue weighted by atomic mass is 9.91. The molecular formula is C24H16ClN3O2S2. The Balaban J connectivity index is 1.51. The monoisotopic (exact) mass is 477 g/mol. The third-order valence-electron chi connectivity index (χ3n) is 6.07. The van der Waals surface area contributed by atoms with Crippen LogP contribution in [0.15, 0.2) is 72.4 Å². The second-order valence-electron chi connectivity index (χ2n) is 7.66. The number of thiophene rings is 2. The number of pyridine rings is 1. The van der Waals surface area contributed by atoms with Gasteiger partial charge in [-0.1, -0.05) is 29.8 Å². The molecule has 8 heteroatoms. The Morgan fingerprint density at radius 1 is 1.03 bits per heavy atom. The Morgan fingerprint density at radius 3 is 2.66 bits per heavy atom. The predicted octanol–water partition coefficient (Wildman–Crippen LogP) is 5.34. The number of halogens is 1. The third-order valence-corrected chi connectivity index (χ3v) is 8.46. The van der Waals surface area contributed by atoms with Gasteiger partial charge in [-0.2, -0.15) is 0 Å². The molecule has 2 aliphatic rings. The average molecular weight is 478 g/mol. The SMILES string of the molecule is O=C(c1ccc(-c2cccs2)s1)N1CCN2C(=O)c3ccncc3C12c1ccc(Cl)cc1. The molecule has 32 heavy (non-hydrogen) atoms. The summed E-state index contributed by atoms with van der Waals surface area (Å²) in [5.41, 5.74) is 1.10. The number of carbonyl (C=O) groups excluding carboxylic acids is 2. The number of fused-ring (bicyclic) bond motifs is 3. The highest BCUT2D eigenvalue weighted by Gasteiger charge is 2.60. The molecule has 1 unspecified atom stereocenters. The van der Waals surface area contributed by atoms with Gasteiger partial charge in [0.05, 0.1) is 10.4 Å². The van der Waals surface area contributed by atoms with Gasteiger partial charge in [-0.25, -0.2) is 0 Å². The first kappa shape index (κ1) is 19.7. The molecule has 1 aromatic carbocycles. The zero-order chi connectivity index (χ0) is 21.9. The van der Waals surface area contributed by atoms with Crippen molar-refractivity contribution in [2.75, 3.05) is 13.1 Å². The van der Waals surface area contributed by atoms with E-state index in [2.05, 4.69) is 11.1 Å². The van der Waals surface area contributed by atoms with Crippen molar-refractivity contribution in [3.63, 3.8) is 0 Å². The Bertz CT molecular complexity index is 1350. The number of carbonyl (C=O) groups is 2. The molecule has 1 saturated heterocycles. The highest BCUT2D eigenvalue weighted by Crippen LogP contribution is 2.50. The molecule has 0 bridgehead atoms. The van der Waals surface area contributed by atoms with Gasteiger partial charge >= 0.3 is 0 Å². The minimum Gasteiger partial charge on any atom is -0.306 e. The number of aromatic nitrogens is 1. The van der Waals surface area contributed by atoms with Gasteiger partial charge in [0.15, 0.2) is 5.66 Å². The molecule has 0 radical (unpaired) electrons. The summed E-state index contributed by atoms with van der Waals surface area (Å²) in [7, 11) is 0. The van der Waals surface area contributed by atoms with Crippen molar-refractivity contribution in [1.82, 2.24) is 14.8 Å². The molecule has 3 aromatic heterocycles. The van der Waals surface area contributed by atoms with Crippen LogP contribution in [0.25, 0.3) is 9.75 Å². The Labute approximate surface area is 197 Å². The number of hydrogen-bond donors (Lipinski definition) is 0. The quantitative estimate of drug-likeness (QED) is 0.400. The van der Waals surface area contributed by atoms with Gasteiger partial charge < -0.3 is 9.80 Å². The van der Waals surface area contributed by atoms with Crippen LogP contribution < -0.4 is 0 Å². The minimum atomic E-state index is -1.03. The molecule has 0 aliphatic carbocycles. The van der Waals surface area contributed by atoms with Crippen LogP contribution in [0.5, 0.6) is 0 Å². The normalized spacial score (nSPS) is 19.3. The fraction of sp³-hybridized carbons (Fsp3) is 0.125. The lowest BCUT2D eigenvalue weighted by Gasteiger charge is -2.40. The van der Waals surface area contributed by atoms with Crippen LogP contribution >= 0.6 is 34.3 Å². The molecule has 2 amide bonds. The molecule has 2 aliphatic heterocycles. The molecule has 0 spiro atoms. The Kier molecular flexibility index (Phi) is 4.47. The fourth-order valence-corrected chi connectivity index (χ4v) is 6.66. The highest BCUT2D eigenvalue weighted by molar-refractivity contribution is 7.22. The molecule has 5 nitrogen and oxygen atoms in total. The molecule has 158 valence electrons. The van der Waals surface area contributed by atoms with Gasteiger partial charge in [0.1, 0.15) is 0 Å². The van der Waals surface area contributed by atoms with Crippen molar-refractivity contribution < 1.29 is 9.59 Å². The van der Waals surface area contributed by atoms with E-state index in [4.69, 9.17) is 11.6 Å². The van der Waals surface area contributed by atoms with Crippen LogP contribution in [0, 0.1) is 0 Å². The van der Waals surface area contributed by atoms with E-state index < -0.39 is 5.66 Å². The van der Waals surface area contributed by atoms with E-state index in [0.717, 1.165) is 20.9 Å². The highest BCUT2D eigenvalue weighted by atomic mass is 35.5. The second-order valence-corrected chi connectivity index (χ2v) is 10.1. The Morgan fingerprint density at radius 2 is 1.88 bits per heavy atom. The van der Waals surface area contributed by atoms with E-state index in [-0.39, 0.29) is 11.8 Å². The van der Waals surface area contributed by atoms with Gasteiger partial charge in [-0.05, 0) is 41.8 Å². The summed E-state index contributed by atoms with van der Waals surface area (Å²) < 4.78 is 0. The molecule has 0 N–H and O–H groups in total. The number of benzene rings is 1. The summed E-state index contributed by atoms with van der Waals surface area (Å²) in [5, 5.41) is 2.63.